The highest BCUT2D eigenvalue weighted by Crippen LogP contribution is 2.16. The van der Waals surface area contributed by atoms with Gasteiger partial charge in [-0.3, -0.25) is 4.79 Å². The number of hydrogen-bond acceptors (Lipinski definition) is 4. The van der Waals surface area contributed by atoms with Gasteiger partial charge in [-0.05, 0) is 18.1 Å². The van der Waals surface area contributed by atoms with E-state index in [1.54, 1.807) is 6.07 Å². The maximum Gasteiger partial charge on any atom is 0.334 e. The van der Waals surface area contributed by atoms with Crippen molar-refractivity contribution in [3.63, 3.8) is 0 Å². The molecule has 0 fully saturated rings. The number of methoxy groups -OCH3 is 1. The average molecular weight is 269 g/mol. The van der Waals surface area contributed by atoms with Gasteiger partial charge in [0.15, 0.2) is 11.9 Å². The summed E-state index contributed by atoms with van der Waals surface area (Å²) in [6, 6.07) is 1.69. The molecule has 0 aromatic carbocycles. The second kappa shape index (κ2) is 6.94. The molecule has 0 spiro atoms. The van der Waals surface area contributed by atoms with Crippen LogP contribution in [-0.2, 0) is 22.4 Å². The Bertz CT molecular complexity index is 430. The van der Waals surface area contributed by atoms with Crippen LogP contribution in [0.25, 0.3) is 0 Å². The van der Waals surface area contributed by atoms with Gasteiger partial charge in [0.2, 0.25) is 0 Å². The van der Waals surface area contributed by atoms with Crippen molar-refractivity contribution in [1.29, 1.82) is 0 Å². The second-order valence-electron chi connectivity index (χ2n) is 4.04. The molecule has 0 aliphatic carbocycles. The van der Waals surface area contributed by atoms with Crippen molar-refractivity contribution in [1.82, 2.24) is 5.32 Å². The molecule has 106 valence electrons. The molecule has 6 heteroatoms. The topological polar surface area (TPSA) is 88.8 Å². The Morgan fingerprint density at radius 3 is 2.53 bits per heavy atom. The molecule has 1 amide bonds. The first-order valence-electron chi connectivity index (χ1n) is 6.18. The Morgan fingerprint density at radius 1 is 1.42 bits per heavy atom. The first kappa shape index (κ1) is 15.2. The van der Waals surface area contributed by atoms with E-state index in [0.29, 0.717) is 6.42 Å². The van der Waals surface area contributed by atoms with E-state index >= 15 is 0 Å². The molecule has 0 bridgehead atoms. The number of ether oxygens (including phenoxy) is 1. The molecule has 0 saturated carbocycles. The van der Waals surface area contributed by atoms with Gasteiger partial charge in [0.05, 0.1) is 6.54 Å². The number of carboxylic acids is 1. The Labute approximate surface area is 111 Å². The SMILES string of the molecule is CCc1cc(C(=O)NCC(OC)C(=O)O)oc1CC. The van der Waals surface area contributed by atoms with Gasteiger partial charge in [-0.1, -0.05) is 13.8 Å². The van der Waals surface area contributed by atoms with Gasteiger partial charge in [0, 0.05) is 13.5 Å². The van der Waals surface area contributed by atoms with Gasteiger partial charge in [0.25, 0.3) is 5.91 Å². The molecular formula is C13H19NO5. The lowest BCUT2D eigenvalue weighted by molar-refractivity contribution is -0.148. The fraction of sp³-hybridized carbons (Fsp3) is 0.538. The molecule has 0 radical (unpaired) electrons. The summed E-state index contributed by atoms with van der Waals surface area (Å²) in [5, 5.41) is 11.3. The normalized spacial score (nSPS) is 12.2. The van der Waals surface area contributed by atoms with Crippen molar-refractivity contribution < 1.29 is 23.8 Å². The first-order valence-corrected chi connectivity index (χ1v) is 6.18. The van der Waals surface area contributed by atoms with Crippen LogP contribution in [0.4, 0.5) is 0 Å². The van der Waals surface area contributed by atoms with E-state index < -0.39 is 18.0 Å². The standard InChI is InChI=1S/C13H19NO5/c1-4-8-6-10(19-9(8)5-2)12(15)14-7-11(18-3)13(16)17/h6,11H,4-5,7H2,1-3H3,(H,14,15)(H,16,17). The average Bonchev–Trinajstić information content (AvgIpc) is 2.82. The van der Waals surface area contributed by atoms with Crippen molar-refractivity contribution in [3.8, 4) is 0 Å². The largest absolute Gasteiger partial charge is 0.479 e. The van der Waals surface area contributed by atoms with Crippen LogP contribution >= 0.6 is 0 Å². The molecule has 1 rings (SSSR count). The fourth-order valence-corrected chi connectivity index (χ4v) is 1.72. The summed E-state index contributed by atoms with van der Waals surface area (Å²) in [5.74, 6) is -0.563. The predicted molar refractivity (Wildman–Crippen MR) is 68.2 cm³/mol. The number of amides is 1. The molecule has 1 heterocycles. The molecule has 1 aromatic rings. The van der Waals surface area contributed by atoms with Crippen LogP contribution < -0.4 is 5.32 Å². The molecule has 1 atom stereocenters. The van der Waals surface area contributed by atoms with E-state index in [0.717, 1.165) is 17.7 Å². The molecule has 1 unspecified atom stereocenters. The smallest absolute Gasteiger partial charge is 0.334 e. The fourth-order valence-electron chi connectivity index (χ4n) is 1.72. The minimum absolute atomic E-state index is 0.103. The molecule has 6 nitrogen and oxygen atoms in total. The lowest BCUT2D eigenvalue weighted by atomic mass is 10.1. The van der Waals surface area contributed by atoms with Gasteiger partial charge in [0.1, 0.15) is 5.76 Å². The molecule has 0 aliphatic heterocycles. The third-order valence-corrected chi connectivity index (χ3v) is 2.83. The van der Waals surface area contributed by atoms with E-state index in [9.17, 15) is 9.59 Å². The van der Waals surface area contributed by atoms with Gasteiger partial charge in [-0.25, -0.2) is 4.79 Å². The number of carboxylic acid groups (broad SMARTS) is 1. The summed E-state index contributed by atoms with van der Waals surface area (Å²) in [6.45, 7) is 3.83. The molecule has 19 heavy (non-hydrogen) atoms. The molecule has 2 N–H and O–H groups in total. The molecule has 0 aliphatic rings. The number of furan rings is 1. The van der Waals surface area contributed by atoms with Gasteiger partial charge in [-0.15, -0.1) is 0 Å². The van der Waals surface area contributed by atoms with E-state index in [-0.39, 0.29) is 12.3 Å². The van der Waals surface area contributed by atoms with Crippen LogP contribution in [0.5, 0.6) is 0 Å². The minimum atomic E-state index is -1.12. The summed E-state index contributed by atoms with van der Waals surface area (Å²) in [5.41, 5.74) is 0.995. The van der Waals surface area contributed by atoms with E-state index in [4.69, 9.17) is 14.3 Å². The van der Waals surface area contributed by atoms with Crippen LogP contribution in [0.1, 0.15) is 35.7 Å². The first-order chi connectivity index (χ1) is 9.03. The second-order valence-corrected chi connectivity index (χ2v) is 4.04. The van der Waals surface area contributed by atoms with Crippen molar-refractivity contribution >= 4 is 11.9 Å². The maximum absolute atomic E-state index is 11.8. The Morgan fingerprint density at radius 2 is 2.11 bits per heavy atom. The van der Waals surface area contributed by atoms with Crippen LogP contribution in [-0.4, -0.2) is 36.7 Å². The number of hydrogen-bond donors (Lipinski definition) is 2. The number of aliphatic carboxylic acids is 1. The van der Waals surface area contributed by atoms with Gasteiger partial charge < -0.3 is 19.6 Å². The number of aryl methyl sites for hydroxylation is 2. The van der Waals surface area contributed by atoms with Crippen molar-refractivity contribution in [3.05, 3.63) is 23.2 Å². The lowest BCUT2D eigenvalue weighted by Gasteiger charge is -2.10. The molecular weight excluding hydrogens is 250 g/mol. The summed E-state index contributed by atoms with van der Waals surface area (Å²) in [6.07, 6.45) is 0.442. The van der Waals surface area contributed by atoms with Crippen molar-refractivity contribution in [2.24, 2.45) is 0 Å². The third kappa shape index (κ3) is 3.82. The molecule has 0 saturated heterocycles. The third-order valence-electron chi connectivity index (χ3n) is 2.83. The summed E-state index contributed by atoms with van der Waals surface area (Å²) < 4.78 is 10.2. The minimum Gasteiger partial charge on any atom is -0.479 e. The number of carbonyl (C=O) groups is 2. The van der Waals surface area contributed by atoms with Gasteiger partial charge >= 0.3 is 5.97 Å². The summed E-state index contributed by atoms with van der Waals surface area (Å²) in [7, 11) is 1.28. The summed E-state index contributed by atoms with van der Waals surface area (Å²) >= 11 is 0. The lowest BCUT2D eigenvalue weighted by Crippen LogP contribution is -2.37. The van der Waals surface area contributed by atoms with Crippen LogP contribution in [0.15, 0.2) is 10.5 Å². The number of carbonyl (C=O) groups excluding carboxylic acids is 1. The number of nitrogens with one attached hydrogen (secondary N) is 1. The monoisotopic (exact) mass is 269 g/mol. The van der Waals surface area contributed by atoms with Crippen molar-refractivity contribution in [2.45, 2.75) is 32.8 Å². The van der Waals surface area contributed by atoms with Crippen LogP contribution in [0.3, 0.4) is 0 Å². The molecule has 1 aromatic heterocycles. The van der Waals surface area contributed by atoms with Crippen LogP contribution in [0, 0.1) is 0 Å². The predicted octanol–water partition coefficient (Wildman–Crippen LogP) is 1.23. The Hall–Kier alpha value is -1.82. The zero-order valence-electron chi connectivity index (χ0n) is 11.4. The van der Waals surface area contributed by atoms with E-state index in [2.05, 4.69) is 5.32 Å². The summed E-state index contributed by atoms with van der Waals surface area (Å²) in [4.78, 5) is 22.6. The highest BCUT2D eigenvalue weighted by atomic mass is 16.5. The zero-order chi connectivity index (χ0) is 14.4. The van der Waals surface area contributed by atoms with E-state index in [1.807, 2.05) is 13.8 Å². The Kier molecular flexibility index (Phi) is 5.57. The number of rotatable bonds is 7. The van der Waals surface area contributed by atoms with E-state index in [1.165, 1.54) is 7.11 Å². The van der Waals surface area contributed by atoms with Crippen LogP contribution in [0.2, 0.25) is 0 Å². The highest BCUT2D eigenvalue weighted by Gasteiger charge is 2.20. The Balaban J connectivity index is 2.68. The maximum atomic E-state index is 11.8. The highest BCUT2D eigenvalue weighted by molar-refractivity contribution is 5.92. The quantitative estimate of drug-likeness (QED) is 0.777. The van der Waals surface area contributed by atoms with Gasteiger partial charge in [-0.2, -0.15) is 0 Å². The zero-order valence-corrected chi connectivity index (χ0v) is 11.4. The van der Waals surface area contributed by atoms with Crippen molar-refractivity contribution in [2.75, 3.05) is 13.7 Å².